The van der Waals surface area contributed by atoms with Crippen LogP contribution in [0.3, 0.4) is 0 Å². The lowest BCUT2D eigenvalue weighted by molar-refractivity contribution is -0.119. The summed E-state index contributed by atoms with van der Waals surface area (Å²) in [6.07, 6.45) is 5.41. The highest BCUT2D eigenvalue weighted by Crippen LogP contribution is 2.36. The van der Waals surface area contributed by atoms with E-state index in [4.69, 9.17) is 9.47 Å². The van der Waals surface area contributed by atoms with E-state index < -0.39 is 33.7 Å². The summed E-state index contributed by atoms with van der Waals surface area (Å²) >= 11 is 0. The van der Waals surface area contributed by atoms with Crippen LogP contribution < -0.4 is 0 Å². The summed E-state index contributed by atoms with van der Waals surface area (Å²) < 4.78 is 35.2. The van der Waals surface area contributed by atoms with Gasteiger partial charge in [-0.1, -0.05) is 48.8 Å². The van der Waals surface area contributed by atoms with Crippen LogP contribution in [0.4, 0.5) is 9.59 Å². The normalized spacial score (nSPS) is 22.0. The summed E-state index contributed by atoms with van der Waals surface area (Å²) in [6, 6.07) is -1.12. The molecule has 10 heteroatoms. The van der Waals surface area contributed by atoms with Crippen molar-refractivity contribution in [3.8, 4) is 0 Å². The number of nitrogens with zero attached hydrogens (tertiary/aromatic N) is 2. The molecule has 2 atom stereocenters. The van der Waals surface area contributed by atoms with Gasteiger partial charge in [-0.2, -0.15) is 0 Å². The number of sulfonamides is 1. The van der Waals surface area contributed by atoms with Gasteiger partial charge in [-0.15, -0.1) is 5.01 Å². The maximum Gasteiger partial charge on any atom is 0.435 e. The van der Waals surface area contributed by atoms with E-state index in [9.17, 15) is 22.8 Å². The number of aldehydes is 1. The third-order valence-corrected chi connectivity index (χ3v) is 4.95. The zero-order chi connectivity index (χ0) is 20.7. The van der Waals surface area contributed by atoms with Gasteiger partial charge in [0.1, 0.15) is 19.5 Å². The first-order chi connectivity index (χ1) is 12.6. The molecule has 0 aromatic rings. The molecule has 0 aliphatic heterocycles. The third-order valence-electron chi connectivity index (χ3n) is 3.88. The van der Waals surface area contributed by atoms with Gasteiger partial charge in [-0.05, 0) is 12.8 Å². The molecule has 0 unspecified atom stereocenters. The molecule has 0 saturated carbocycles. The highest BCUT2D eigenvalue weighted by atomic mass is 32.2. The van der Waals surface area contributed by atoms with Gasteiger partial charge >= 0.3 is 12.2 Å². The average Bonchev–Trinajstić information content (AvgIpc) is 2.62. The number of ether oxygens (including phenoxy) is 2. The van der Waals surface area contributed by atoms with Crippen molar-refractivity contribution in [1.29, 1.82) is 0 Å². The van der Waals surface area contributed by atoms with E-state index in [0.29, 0.717) is 23.5 Å². The standard InChI is InChI=1S/C17H24N2O7S/c1-5-11-25-15(21)18(16(22)26-12-6-2)19(27(4,23)24)14-9-7-8-10-17(14,3)13-20/h5-7,9,13-14H,1-2,8,10-12H2,3-4H3/t14-,17+/m1/s1. The van der Waals surface area contributed by atoms with Crippen LogP contribution in [0.2, 0.25) is 0 Å². The minimum absolute atomic E-state index is 0.240. The van der Waals surface area contributed by atoms with Crippen molar-refractivity contribution in [1.82, 2.24) is 9.42 Å². The molecule has 0 heterocycles. The number of hydrogen-bond acceptors (Lipinski definition) is 7. The van der Waals surface area contributed by atoms with E-state index >= 15 is 0 Å². The second-order valence-corrected chi connectivity index (χ2v) is 7.95. The molecular formula is C17H24N2O7S. The van der Waals surface area contributed by atoms with Crippen LogP contribution in [-0.2, 0) is 24.3 Å². The predicted octanol–water partition coefficient (Wildman–Crippen LogP) is 2.03. The molecule has 0 N–H and O–H groups in total. The van der Waals surface area contributed by atoms with E-state index in [-0.39, 0.29) is 18.2 Å². The maximum absolute atomic E-state index is 12.5. The van der Waals surface area contributed by atoms with Gasteiger partial charge in [-0.3, -0.25) is 0 Å². The molecule has 27 heavy (non-hydrogen) atoms. The zero-order valence-corrected chi connectivity index (χ0v) is 16.2. The first kappa shape index (κ1) is 22.6. The number of carbonyl (C=O) groups excluding carboxylic acids is 3. The fourth-order valence-electron chi connectivity index (χ4n) is 2.54. The van der Waals surface area contributed by atoms with Crippen molar-refractivity contribution in [3.05, 3.63) is 37.5 Å². The summed E-state index contributed by atoms with van der Waals surface area (Å²) in [5.74, 6) is 0. The fourth-order valence-corrected chi connectivity index (χ4v) is 3.69. The van der Waals surface area contributed by atoms with E-state index in [1.54, 1.807) is 13.0 Å². The van der Waals surface area contributed by atoms with Gasteiger partial charge in [0, 0.05) is 5.41 Å². The Labute approximate surface area is 158 Å². The zero-order valence-electron chi connectivity index (χ0n) is 15.4. The molecule has 2 amide bonds. The molecule has 0 spiro atoms. The molecule has 0 bridgehead atoms. The summed E-state index contributed by atoms with van der Waals surface area (Å²) in [5.41, 5.74) is -1.16. The second kappa shape index (κ2) is 9.47. The van der Waals surface area contributed by atoms with Gasteiger partial charge in [0.25, 0.3) is 0 Å². The number of amides is 2. The first-order valence-corrected chi connectivity index (χ1v) is 9.95. The van der Waals surface area contributed by atoms with Gasteiger partial charge < -0.3 is 14.3 Å². The van der Waals surface area contributed by atoms with Crippen LogP contribution >= 0.6 is 0 Å². The minimum Gasteiger partial charge on any atom is -0.444 e. The Morgan fingerprint density at radius 2 is 1.74 bits per heavy atom. The number of imide groups is 1. The quantitative estimate of drug-likeness (QED) is 0.348. The SMILES string of the molecule is C=CCOC(=O)N(C(=O)OCC=C)N([C@@H]1C=CCC[C@@]1(C)C=O)S(C)(=O)=O. The topological polar surface area (TPSA) is 110 Å². The van der Waals surface area contributed by atoms with E-state index in [2.05, 4.69) is 13.2 Å². The highest BCUT2D eigenvalue weighted by Gasteiger charge is 2.48. The number of carbonyl (C=O) groups is 3. The van der Waals surface area contributed by atoms with Crippen LogP contribution in [0.5, 0.6) is 0 Å². The van der Waals surface area contributed by atoms with Crippen molar-refractivity contribution in [2.24, 2.45) is 5.41 Å². The largest absolute Gasteiger partial charge is 0.444 e. The summed E-state index contributed by atoms with van der Waals surface area (Å²) in [7, 11) is -4.19. The monoisotopic (exact) mass is 400 g/mol. The van der Waals surface area contributed by atoms with Crippen LogP contribution in [0.15, 0.2) is 37.5 Å². The summed E-state index contributed by atoms with van der Waals surface area (Å²) in [5, 5.41) is 0.240. The smallest absolute Gasteiger partial charge is 0.435 e. The van der Waals surface area contributed by atoms with Gasteiger partial charge in [0.15, 0.2) is 0 Å². The molecule has 9 nitrogen and oxygen atoms in total. The number of hydrazine groups is 1. The summed E-state index contributed by atoms with van der Waals surface area (Å²) in [4.78, 5) is 36.6. The summed E-state index contributed by atoms with van der Waals surface area (Å²) in [6.45, 7) is 7.82. The molecule has 0 aromatic carbocycles. The molecule has 1 aliphatic carbocycles. The van der Waals surface area contributed by atoms with Crippen molar-refractivity contribution in [2.45, 2.75) is 25.8 Å². The Morgan fingerprint density at radius 1 is 1.22 bits per heavy atom. The maximum atomic E-state index is 12.5. The molecule has 150 valence electrons. The Hall–Kier alpha value is -2.46. The van der Waals surface area contributed by atoms with Gasteiger partial charge in [0.05, 0.1) is 12.3 Å². The fraction of sp³-hybridized carbons (Fsp3) is 0.471. The minimum atomic E-state index is -4.19. The van der Waals surface area contributed by atoms with Gasteiger partial charge in [0.2, 0.25) is 10.0 Å². The lowest BCUT2D eigenvalue weighted by Gasteiger charge is -2.42. The molecule has 0 aromatic heterocycles. The highest BCUT2D eigenvalue weighted by molar-refractivity contribution is 7.88. The van der Waals surface area contributed by atoms with E-state index in [0.717, 1.165) is 6.26 Å². The van der Waals surface area contributed by atoms with Crippen molar-refractivity contribution in [2.75, 3.05) is 19.5 Å². The van der Waals surface area contributed by atoms with Crippen molar-refractivity contribution < 1.29 is 32.3 Å². The Bertz CT molecular complexity index is 708. The molecule has 0 saturated heterocycles. The number of hydrogen-bond donors (Lipinski definition) is 0. The Kier molecular flexibility index (Phi) is 7.92. The number of rotatable bonds is 8. The second-order valence-electron chi connectivity index (χ2n) is 6.11. The molecular weight excluding hydrogens is 376 g/mol. The molecule has 0 fully saturated rings. The van der Waals surface area contributed by atoms with Crippen molar-refractivity contribution in [3.63, 3.8) is 0 Å². The first-order valence-electron chi connectivity index (χ1n) is 8.10. The van der Waals surface area contributed by atoms with E-state index in [1.807, 2.05) is 0 Å². The van der Waals surface area contributed by atoms with Crippen LogP contribution in [-0.4, -0.2) is 61.8 Å². The lowest BCUT2D eigenvalue weighted by Crippen LogP contribution is -2.61. The Balaban J connectivity index is 3.48. The molecule has 1 aliphatic rings. The van der Waals surface area contributed by atoms with Crippen LogP contribution in [0.1, 0.15) is 19.8 Å². The molecule has 1 rings (SSSR count). The predicted molar refractivity (Wildman–Crippen MR) is 97.9 cm³/mol. The van der Waals surface area contributed by atoms with Gasteiger partial charge in [-0.25, -0.2) is 18.0 Å². The molecule has 0 radical (unpaired) electrons. The van der Waals surface area contributed by atoms with Crippen LogP contribution in [0, 0.1) is 5.41 Å². The van der Waals surface area contributed by atoms with E-state index in [1.165, 1.54) is 18.2 Å². The lowest BCUT2D eigenvalue weighted by atomic mass is 9.76. The van der Waals surface area contributed by atoms with Crippen LogP contribution in [0.25, 0.3) is 0 Å². The van der Waals surface area contributed by atoms with Crippen molar-refractivity contribution >= 4 is 28.5 Å². The average molecular weight is 400 g/mol. The Morgan fingerprint density at radius 3 is 2.15 bits per heavy atom. The number of allylic oxidation sites excluding steroid dienone is 1. The third kappa shape index (κ3) is 5.51.